The van der Waals surface area contributed by atoms with Crippen LogP contribution in [0.4, 0.5) is 5.69 Å². The average molecular weight is 636 g/mol. The molecule has 2 aliphatic heterocycles. The third-order valence-corrected chi connectivity index (χ3v) is 11.2. The van der Waals surface area contributed by atoms with Gasteiger partial charge in [-0.2, -0.15) is 0 Å². The van der Waals surface area contributed by atoms with E-state index in [9.17, 15) is 14.4 Å². The first-order valence-electron chi connectivity index (χ1n) is 12.8. The Morgan fingerprint density at radius 3 is 1.92 bits per heavy atom. The molecule has 8 rings (SSSR count). The zero-order chi connectivity index (χ0) is 26.2. The molecule has 1 N–H and O–H groups in total. The SMILES string of the molecule is O=C(NC[C@@H]1CCCO1)c1cccc(N2C(=O)[C@@H]3[C@H](C2=O)C2(Br)c4ccccc4C3(Br)c3ccccc32)c1. The van der Waals surface area contributed by atoms with Gasteiger partial charge in [0.2, 0.25) is 11.8 Å². The second kappa shape index (κ2) is 8.60. The Morgan fingerprint density at radius 2 is 1.42 bits per heavy atom. The molecule has 3 aromatic carbocycles. The standard InChI is InChI=1S/C30H24Br2N2O4/c31-29-20-10-1-2-11-21(20)30(32,23-13-4-3-12-22(23)29)25-24(29)27(36)34(28(25)37)18-8-5-7-17(15-18)26(35)33-16-19-9-6-14-38-19/h1-5,7-8,10-13,15,19,24-25H,6,9,14,16H2,(H,33,35)/t19-,24-,25+,29?,30?/m0/s1. The predicted octanol–water partition coefficient (Wildman–Crippen LogP) is 5.01. The van der Waals surface area contributed by atoms with E-state index in [1.807, 2.05) is 48.5 Å². The third kappa shape index (κ3) is 3.11. The van der Waals surface area contributed by atoms with Crippen LogP contribution in [0.15, 0.2) is 72.8 Å². The number of imide groups is 1. The smallest absolute Gasteiger partial charge is 0.251 e. The van der Waals surface area contributed by atoms with E-state index in [0.29, 0.717) is 17.8 Å². The number of carbonyl (C=O) groups is 3. The Balaban J connectivity index is 1.29. The van der Waals surface area contributed by atoms with Crippen LogP contribution in [0.2, 0.25) is 0 Å². The van der Waals surface area contributed by atoms with Crippen molar-refractivity contribution >= 4 is 55.3 Å². The van der Waals surface area contributed by atoms with Gasteiger partial charge in [-0.1, -0.05) is 86.5 Å². The van der Waals surface area contributed by atoms with E-state index in [1.54, 1.807) is 24.3 Å². The molecule has 3 amide bonds. The Kier molecular flexibility index (Phi) is 5.49. The Bertz CT molecular complexity index is 1390. The van der Waals surface area contributed by atoms with Crippen LogP contribution in [0.25, 0.3) is 0 Å². The summed E-state index contributed by atoms with van der Waals surface area (Å²) in [4.78, 5) is 42.7. The predicted molar refractivity (Wildman–Crippen MR) is 150 cm³/mol. The van der Waals surface area contributed by atoms with Crippen LogP contribution in [0.3, 0.4) is 0 Å². The van der Waals surface area contributed by atoms with Crippen LogP contribution in [-0.4, -0.2) is 37.0 Å². The van der Waals surface area contributed by atoms with E-state index in [1.165, 1.54) is 4.90 Å². The molecule has 0 unspecified atom stereocenters. The van der Waals surface area contributed by atoms with Gasteiger partial charge in [-0.3, -0.25) is 14.4 Å². The lowest BCUT2D eigenvalue weighted by atomic mass is 9.54. The van der Waals surface area contributed by atoms with Gasteiger partial charge in [0.25, 0.3) is 5.91 Å². The second-order valence-electron chi connectivity index (χ2n) is 10.4. The van der Waals surface area contributed by atoms with Gasteiger partial charge in [0, 0.05) is 18.7 Å². The fourth-order valence-corrected chi connectivity index (χ4v) is 9.13. The number of halogens is 2. The third-order valence-electron chi connectivity index (χ3n) is 8.47. The number of hydrogen-bond donors (Lipinski definition) is 1. The minimum atomic E-state index is -0.849. The highest BCUT2D eigenvalue weighted by molar-refractivity contribution is 9.10. The van der Waals surface area contributed by atoms with Crippen molar-refractivity contribution in [2.75, 3.05) is 18.1 Å². The van der Waals surface area contributed by atoms with Crippen molar-refractivity contribution in [1.29, 1.82) is 0 Å². The summed E-state index contributed by atoms with van der Waals surface area (Å²) >= 11 is 8.05. The van der Waals surface area contributed by atoms with Gasteiger partial charge < -0.3 is 10.1 Å². The molecule has 8 heteroatoms. The van der Waals surface area contributed by atoms with Crippen molar-refractivity contribution in [2.24, 2.45) is 11.8 Å². The van der Waals surface area contributed by atoms with Crippen LogP contribution >= 0.6 is 31.9 Å². The van der Waals surface area contributed by atoms with Crippen LogP contribution in [0.5, 0.6) is 0 Å². The first kappa shape index (κ1) is 24.2. The lowest BCUT2D eigenvalue weighted by molar-refractivity contribution is -0.122. The summed E-state index contributed by atoms with van der Waals surface area (Å²) in [5.74, 6) is -2.12. The number of ether oxygens (including phenoxy) is 1. The van der Waals surface area contributed by atoms with Gasteiger partial charge in [0.15, 0.2) is 0 Å². The summed E-state index contributed by atoms with van der Waals surface area (Å²) in [7, 11) is 0. The Morgan fingerprint density at radius 1 is 0.868 bits per heavy atom. The minimum absolute atomic E-state index is 0.0240. The molecule has 5 aliphatic rings. The van der Waals surface area contributed by atoms with Gasteiger partial charge in [-0.15, -0.1) is 0 Å². The monoisotopic (exact) mass is 634 g/mol. The summed E-state index contributed by atoms with van der Waals surface area (Å²) < 4.78 is 3.91. The fraction of sp³-hybridized carbons (Fsp3) is 0.300. The topological polar surface area (TPSA) is 75.7 Å². The molecule has 3 aromatic rings. The number of rotatable bonds is 4. The Labute approximate surface area is 237 Å². The molecular weight excluding hydrogens is 612 g/mol. The van der Waals surface area contributed by atoms with E-state index in [0.717, 1.165) is 41.7 Å². The number of nitrogens with zero attached hydrogens (tertiary/aromatic N) is 1. The molecule has 192 valence electrons. The zero-order valence-corrected chi connectivity index (χ0v) is 23.5. The van der Waals surface area contributed by atoms with Crippen LogP contribution in [-0.2, 0) is 23.0 Å². The van der Waals surface area contributed by atoms with Crippen molar-refractivity contribution in [3.8, 4) is 0 Å². The molecule has 38 heavy (non-hydrogen) atoms. The normalized spacial score (nSPS) is 30.7. The maximum atomic E-state index is 14.2. The van der Waals surface area contributed by atoms with Crippen molar-refractivity contribution < 1.29 is 19.1 Å². The number of anilines is 1. The molecule has 0 radical (unpaired) electrons. The highest BCUT2D eigenvalue weighted by Crippen LogP contribution is 2.70. The molecule has 0 aromatic heterocycles. The summed E-state index contributed by atoms with van der Waals surface area (Å²) in [5, 5.41) is 2.92. The molecule has 6 nitrogen and oxygen atoms in total. The molecule has 3 atom stereocenters. The molecule has 0 saturated carbocycles. The lowest BCUT2D eigenvalue weighted by Gasteiger charge is -2.55. The molecule has 3 aliphatic carbocycles. The van der Waals surface area contributed by atoms with Gasteiger partial charge >= 0.3 is 0 Å². The van der Waals surface area contributed by atoms with Crippen LogP contribution in [0, 0.1) is 11.8 Å². The first-order valence-corrected chi connectivity index (χ1v) is 14.4. The molecular formula is C30H24Br2N2O4. The maximum Gasteiger partial charge on any atom is 0.251 e. The largest absolute Gasteiger partial charge is 0.376 e. The maximum absolute atomic E-state index is 14.2. The molecule has 2 bridgehead atoms. The van der Waals surface area contributed by atoms with Crippen LogP contribution in [0.1, 0.15) is 45.5 Å². The van der Waals surface area contributed by atoms with Gasteiger partial charge in [0.05, 0.1) is 32.3 Å². The van der Waals surface area contributed by atoms with Gasteiger partial charge in [-0.25, -0.2) is 4.90 Å². The van der Waals surface area contributed by atoms with Crippen molar-refractivity contribution in [2.45, 2.75) is 27.6 Å². The van der Waals surface area contributed by atoms with E-state index < -0.39 is 20.5 Å². The highest BCUT2D eigenvalue weighted by Gasteiger charge is 2.72. The Hall–Kier alpha value is -2.81. The number of benzene rings is 3. The zero-order valence-electron chi connectivity index (χ0n) is 20.3. The first-order chi connectivity index (χ1) is 18.4. The van der Waals surface area contributed by atoms with E-state index in [-0.39, 0.29) is 23.8 Å². The van der Waals surface area contributed by atoms with Crippen molar-refractivity contribution in [1.82, 2.24) is 5.32 Å². The lowest BCUT2D eigenvalue weighted by Crippen LogP contribution is -2.56. The average Bonchev–Trinajstić information content (AvgIpc) is 3.56. The van der Waals surface area contributed by atoms with Crippen molar-refractivity contribution in [3.05, 3.63) is 101 Å². The molecule has 2 saturated heterocycles. The number of nitrogens with one attached hydrogen (secondary N) is 1. The summed E-state index contributed by atoms with van der Waals surface area (Å²) in [5.41, 5.74) is 4.75. The van der Waals surface area contributed by atoms with Gasteiger partial charge in [0.1, 0.15) is 0 Å². The quantitative estimate of drug-likeness (QED) is 0.323. The fourth-order valence-electron chi connectivity index (χ4n) is 6.82. The van der Waals surface area contributed by atoms with E-state index >= 15 is 0 Å². The number of carbonyl (C=O) groups excluding carboxylic acids is 3. The van der Waals surface area contributed by atoms with Gasteiger partial charge in [-0.05, 0) is 53.3 Å². The van der Waals surface area contributed by atoms with Crippen molar-refractivity contribution in [3.63, 3.8) is 0 Å². The van der Waals surface area contributed by atoms with Crippen LogP contribution < -0.4 is 10.2 Å². The summed E-state index contributed by atoms with van der Waals surface area (Å²) in [6.45, 7) is 1.15. The molecule has 2 fully saturated rings. The number of hydrogen-bond acceptors (Lipinski definition) is 4. The molecule has 2 heterocycles. The van der Waals surface area contributed by atoms with E-state index in [2.05, 4.69) is 37.2 Å². The summed E-state index contributed by atoms with van der Waals surface area (Å²) in [6.07, 6.45) is 1.94. The highest BCUT2D eigenvalue weighted by atomic mass is 79.9. The number of amides is 3. The number of alkyl halides is 2. The second-order valence-corrected chi connectivity index (χ2v) is 12.9. The van der Waals surface area contributed by atoms with E-state index in [4.69, 9.17) is 4.74 Å². The minimum Gasteiger partial charge on any atom is -0.376 e. The molecule has 0 spiro atoms. The summed E-state index contributed by atoms with van der Waals surface area (Å²) in [6, 6.07) is 22.8.